The Morgan fingerprint density at radius 1 is 1.42 bits per heavy atom. The number of aliphatic hydroxyl groups is 1. The Balaban J connectivity index is 2.03. The first-order valence-electron chi connectivity index (χ1n) is 6.00. The fraction of sp³-hybridized carbons (Fsp3) is 0.357. The normalized spacial score (nSPS) is 22.6. The third kappa shape index (κ3) is 3.17. The molecule has 1 unspecified atom stereocenters. The molecule has 1 saturated heterocycles. The molecule has 0 aromatic heterocycles. The Labute approximate surface area is 110 Å². The van der Waals surface area contributed by atoms with E-state index in [0.29, 0.717) is 19.4 Å². The molecule has 1 aromatic rings. The van der Waals surface area contributed by atoms with Gasteiger partial charge in [-0.25, -0.2) is 8.78 Å². The highest BCUT2D eigenvalue weighted by Gasteiger charge is 2.38. The van der Waals surface area contributed by atoms with Gasteiger partial charge in [-0.1, -0.05) is 18.7 Å². The van der Waals surface area contributed by atoms with Crippen molar-refractivity contribution in [3.8, 4) is 0 Å². The average molecular weight is 267 g/mol. The molecule has 5 heteroatoms. The predicted molar refractivity (Wildman–Crippen MR) is 66.5 cm³/mol. The van der Waals surface area contributed by atoms with Crippen LogP contribution in [0, 0.1) is 5.82 Å². The largest absolute Gasteiger partial charge is 0.388 e. The summed E-state index contributed by atoms with van der Waals surface area (Å²) >= 11 is 0. The molecule has 0 bridgehead atoms. The molecule has 0 radical (unpaired) electrons. The quantitative estimate of drug-likeness (QED) is 0.849. The topological polar surface area (TPSA) is 40.5 Å². The molecule has 1 amide bonds. The predicted octanol–water partition coefficient (Wildman–Crippen LogP) is 1.81. The number of likely N-dealkylation sites (tertiary alicyclic amines) is 1. The Bertz CT molecular complexity index is 501. The van der Waals surface area contributed by atoms with Crippen LogP contribution in [-0.2, 0) is 11.2 Å². The zero-order chi connectivity index (χ0) is 14.0. The van der Waals surface area contributed by atoms with E-state index in [4.69, 9.17) is 0 Å². The molecule has 19 heavy (non-hydrogen) atoms. The minimum atomic E-state index is -1.09. The summed E-state index contributed by atoms with van der Waals surface area (Å²) in [6.07, 6.45) is 0.666. The lowest BCUT2D eigenvalue weighted by Crippen LogP contribution is -2.37. The SMILES string of the molecule is C=C(F)C(=O)N1CCC(O)(Cc2ccc(F)cc2)C1. The summed E-state index contributed by atoms with van der Waals surface area (Å²) in [7, 11) is 0. The highest BCUT2D eigenvalue weighted by atomic mass is 19.1. The van der Waals surface area contributed by atoms with Crippen LogP contribution in [0.5, 0.6) is 0 Å². The summed E-state index contributed by atoms with van der Waals surface area (Å²) in [4.78, 5) is 12.7. The maximum absolute atomic E-state index is 12.8. The van der Waals surface area contributed by atoms with E-state index in [0.717, 1.165) is 5.56 Å². The van der Waals surface area contributed by atoms with Gasteiger partial charge in [-0.05, 0) is 24.1 Å². The molecule has 102 valence electrons. The number of β-amino-alcohol motifs (C(OH)–C–C–N with tert-alkyl or cyclic N) is 1. The second-order valence-corrected chi connectivity index (χ2v) is 4.91. The van der Waals surface area contributed by atoms with E-state index in [1.165, 1.54) is 17.0 Å². The number of benzene rings is 1. The zero-order valence-corrected chi connectivity index (χ0v) is 10.4. The first-order chi connectivity index (χ1) is 8.89. The van der Waals surface area contributed by atoms with E-state index in [9.17, 15) is 18.7 Å². The summed E-state index contributed by atoms with van der Waals surface area (Å²) in [6.45, 7) is 3.31. The van der Waals surface area contributed by atoms with Crippen LogP contribution >= 0.6 is 0 Å². The minimum absolute atomic E-state index is 0.0617. The summed E-state index contributed by atoms with van der Waals surface area (Å²) in [5.74, 6) is -2.14. The van der Waals surface area contributed by atoms with E-state index >= 15 is 0 Å². The monoisotopic (exact) mass is 267 g/mol. The second-order valence-electron chi connectivity index (χ2n) is 4.91. The van der Waals surface area contributed by atoms with Crippen molar-refractivity contribution in [1.82, 2.24) is 4.90 Å². The van der Waals surface area contributed by atoms with Crippen molar-refractivity contribution < 1.29 is 18.7 Å². The highest BCUT2D eigenvalue weighted by molar-refractivity contribution is 5.90. The van der Waals surface area contributed by atoms with Crippen molar-refractivity contribution in [2.75, 3.05) is 13.1 Å². The summed E-state index contributed by atoms with van der Waals surface area (Å²) in [6, 6.07) is 5.82. The van der Waals surface area contributed by atoms with Crippen LogP contribution in [0.4, 0.5) is 8.78 Å². The van der Waals surface area contributed by atoms with Crippen molar-refractivity contribution in [1.29, 1.82) is 0 Å². The lowest BCUT2D eigenvalue weighted by Gasteiger charge is -2.23. The number of carbonyl (C=O) groups excluding carboxylic acids is 1. The van der Waals surface area contributed by atoms with Gasteiger partial charge in [0.05, 0.1) is 12.1 Å². The highest BCUT2D eigenvalue weighted by Crippen LogP contribution is 2.26. The van der Waals surface area contributed by atoms with Crippen LogP contribution in [0.3, 0.4) is 0 Å². The molecule has 2 rings (SSSR count). The number of hydrogen-bond donors (Lipinski definition) is 1. The summed E-state index contributed by atoms with van der Waals surface area (Å²) in [5, 5.41) is 10.4. The third-order valence-corrected chi connectivity index (χ3v) is 3.30. The number of hydrogen-bond acceptors (Lipinski definition) is 2. The fourth-order valence-corrected chi connectivity index (χ4v) is 2.33. The molecule has 1 N–H and O–H groups in total. The third-order valence-electron chi connectivity index (χ3n) is 3.30. The molecular weight excluding hydrogens is 252 g/mol. The molecule has 1 aliphatic heterocycles. The van der Waals surface area contributed by atoms with E-state index < -0.39 is 17.3 Å². The molecule has 1 fully saturated rings. The average Bonchev–Trinajstić information content (AvgIpc) is 2.73. The Kier molecular flexibility index (Phi) is 3.66. The summed E-state index contributed by atoms with van der Waals surface area (Å²) < 4.78 is 25.5. The van der Waals surface area contributed by atoms with Crippen LogP contribution in [0.25, 0.3) is 0 Å². The van der Waals surface area contributed by atoms with Crippen molar-refractivity contribution in [2.45, 2.75) is 18.4 Å². The van der Waals surface area contributed by atoms with E-state index in [-0.39, 0.29) is 12.4 Å². The van der Waals surface area contributed by atoms with Crippen molar-refractivity contribution in [2.24, 2.45) is 0 Å². The van der Waals surface area contributed by atoms with Gasteiger partial charge in [0, 0.05) is 13.0 Å². The smallest absolute Gasteiger partial charge is 0.282 e. The first kappa shape index (κ1) is 13.7. The Morgan fingerprint density at radius 3 is 2.63 bits per heavy atom. The van der Waals surface area contributed by atoms with Gasteiger partial charge in [0.2, 0.25) is 0 Å². The van der Waals surface area contributed by atoms with E-state index in [2.05, 4.69) is 6.58 Å². The molecular formula is C14H15F2NO2. The first-order valence-corrected chi connectivity index (χ1v) is 6.00. The number of rotatable bonds is 3. The Morgan fingerprint density at radius 2 is 2.05 bits per heavy atom. The van der Waals surface area contributed by atoms with Gasteiger partial charge < -0.3 is 10.0 Å². The molecule has 0 saturated carbocycles. The van der Waals surface area contributed by atoms with Crippen LogP contribution < -0.4 is 0 Å². The van der Waals surface area contributed by atoms with Crippen LogP contribution in [0.1, 0.15) is 12.0 Å². The van der Waals surface area contributed by atoms with Gasteiger partial charge in [0.15, 0.2) is 5.83 Å². The van der Waals surface area contributed by atoms with Crippen molar-refractivity contribution in [3.05, 3.63) is 48.1 Å². The van der Waals surface area contributed by atoms with Crippen LogP contribution in [0.2, 0.25) is 0 Å². The van der Waals surface area contributed by atoms with Gasteiger partial charge in [0.1, 0.15) is 5.82 Å². The number of nitrogens with zero attached hydrogens (tertiary/aromatic N) is 1. The lowest BCUT2D eigenvalue weighted by molar-refractivity contribution is -0.128. The molecule has 1 heterocycles. The van der Waals surface area contributed by atoms with Gasteiger partial charge in [-0.3, -0.25) is 4.79 Å². The lowest BCUT2D eigenvalue weighted by atomic mass is 9.94. The molecule has 1 aromatic carbocycles. The van der Waals surface area contributed by atoms with Crippen LogP contribution in [-0.4, -0.2) is 34.6 Å². The Hall–Kier alpha value is -1.75. The molecule has 1 atom stereocenters. The van der Waals surface area contributed by atoms with E-state index in [1.54, 1.807) is 12.1 Å². The maximum atomic E-state index is 12.8. The fourth-order valence-electron chi connectivity index (χ4n) is 2.33. The molecule has 0 aliphatic carbocycles. The molecule has 1 aliphatic rings. The van der Waals surface area contributed by atoms with Gasteiger partial charge in [-0.15, -0.1) is 0 Å². The van der Waals surface area contributed by atoms with Gasteiger partial charge >= 0.3 is 0 Å². The number of halogens is 2. The molecule has 3 nitrogen and oxygen atoms in total. The van der Waals surface area contributed by atoms with Crippen molar-refractivity contribution in [3.63, 3.8) is 0 Å². The van der Waals surface area contributed by atoms with Gasteiger partial charge in [0.25, 0.3) is 5.91 Å². The maximum Gasteiger partial charge on any atom is 0.282 e. The second kappa shape index (κ2) is 5.09. The number of amides is 1. The zero-order valence-electron chi connectivity index (χ0n) is 10.4. The van der Waals surface area contributed by atoms with Gasteiger partial charge in [-0.2, -0.15) is 0 Å². The standard InChI is InChI=1S/C14H15F2NO2/c1-10(15)13(18)17-7-6-14(19,9-17)8-11-2-4-12(16)5-3-11/h2-5,19H,1,6-9H2. The van der Waals surface area contributed by atoms with Crippen LogP contribution in [0.15, 0.2) is 36.7 Å². The number of carbonyl (C=O) groups is 1. The minimum Gasteiger partial charge on any atom is -0.388 e. The summed E-state index contributed by atoms with van der Waals surface area (Å²) in [5.41, 5.74) is -0.319. The van der Waals surface area contributed by atoms with E-state index in [1.807, 2.05) is 0 Å². The van der Waals surface area contributed by atoms with Crippen molar-refractivity contribution >= 4 is 5.91 Å². The molecule has 0 spiro atoms.